The Labute approximate surface area is 163 Å². The first kappa shape index (κ1) is 19.4. The number of nitrogens with one attached hydrogen (secondary N) is 1. The molecular weight excluding hydrogens is 364 g/mol. The van der Waals surface area contributed by atoms with Gasteiger partial charge < -0.3 is 15.3 Å². The smallest absolute Gasteiger partial charge is 0.243 e. The number of aryl methyl sites for hydroxylation is 1. The minimum atomic E-state index is -0.683. The topological polar surface area (TPSA) is 69.6 Å². The standard InChI is InChI=1S/C21H23ClN2O3/c1-14-3-2-4-16(9-14)10-20(26)24-13-18(25)11-19(24)21(27)23-12-15-5-7-17(22)8-6-15/h2-9,18-19,25H,10-13H2,1H3,(H,23,27)/t18-,19+/m1/s1. The van der Waals surface area contributed by atoms with Crippen LogP contribution in [0.5, 0.6) is 0 Å². The molecule has 1 aliphatic rings. The van der Waals surface area contributed by atoms with Crippen LogP contribution >= 0.6 is 11.6 Å². The molecule has 6 heteroatoms. The van der Waals surface area contributed by atoms with Gasteiger partial charge in [-0.3, -0.25) is 9.59 Å². The van der Waals surface area contributed by atoms with E-state index >= 15 is 0 Å². The maximum atomic E-state index is 12.7. The van der Waals surface area contributed by atoms with Crippen molar-refractivity contribution in [3.05, 3.63) is 70.2 Å². The second kappa shape index (κ2) is 8.55. The highest BCUT2D eigenvalue weighted by Crippen LogP contribution is 2.20. The van der Waals surface area contributed by atoms with Crippen molar-refractivity contribution in [1.29, 1.82) is 0 Å². The van der Waals surface area contributed by atoms with Gasteiger partial charge in [-0.1, -0.05) is 53.6 Å². The largest absolute Gasteiger partial charge is 0.391 e. The van der Waals surface area contributed by atoms with Crippen LogP contribution in [-0.2, 0) is 22.6 Å². The normalized spacial score (nSPS) is 19.1. The molecule has 0 aromatic heterocycles. The fourth-order valence-electron chi connectivity index (χ4n) is 3.35. The van der Waals surface area contributed by atoms with Gasteiger partial charge in [-0.05, 0) is 30.2 Å². The van der Waals surface area contributed by atoms with Crippen LogP contribution in [0.15, 0.2) is 48.5 Å². The third-order valence-corrected chi connectivity index (χ3v) is 4.97. The van der Waals surface area contributed by atoms with Crippen molar-refractivity contribution in [2.24, 2.45) is 0 Å². The van der Waals surface area contributed by atoms with E-state index in [0.717, 1.165) is 16.7 Å². The molecule has 0 aliphatic carbocycles. The van der Waals surface area contributed by atoms with Crippen molar-refractivity contribution in [2.75, 3.05) is 6.54 Å². The van der Waals surface area contributed by atoms with Gasteiger partial charge in [0.05, 0.1) is 12.5 Å². The number of aliphatic hydroxyl groups excluding tert-OH is 1. The molecule has 1 aliphatic heterocycles. The van der Waals surface area contributed by atoms with E-state index in [9.17, 15) is 14.7 Å². The van der Waals surface area contributed by atoms with Crippen molar-refractivity contribution < 1.29 is 14.7 Å². The van der Waals surface area contributed by atoms with E-state index in [1.165, 1.54) is 4.90 Å². The number of carbonyl (C=O) groups excluding carboxylic acids is 2. The van der Waals surface area contributed by atoms with Crippen molar-refractivity contribution >= 4 is 23.4 Å². The van der Waals surface area contributed by atoms with Crippen LogP contribution in [0.25, 0.3) is 0 Å². The first-order valence-corrected chi connectivity index (χ1v) is 9.35. The average molecular weight is 387 g/mol. The van der Waals surface area contributed by atoms with Crippen molar-refractivity contribution in [3.63, 3.8) is 0 Å². The second-order valence-corrected chi connectivity index (χ2v) is 7.40. The molecule has 0 radical (unpaired) electrons. The Hall–Kier alpha value is -2.37. The summed E-state index contributed by atoms with van der Waals surface area (Å²) in [6.45, 7) is 2.51. The Balaban J connectivity index is 1.63. The lowest BCUT2D eigenvalue weighted by Gasteiger charge is -2.24. The number of halogens is 1. The van der Waals surface area contributed by atoms with Crippen molar-refractivity contribution in [3.8, 4) is 0 Å². The summed E-state index contributed by atoms with van der Waals surface area (Å²) in [6, 6.07) is 14.3. The number of β-amino-alcohol motifs (C(OH)–C–C–N with tert-alkyl or cyclic N) is 1. The highest BCUT2D eigenvalue weighted by molar-refractivity contribution is 6.30. The lowest BCUT2D eigenvalue weighted by atomic mass is 10.1. The van der Waals surface area contributed by atoms with Gasteiger partial charge in [0.1, 0.15) is 6.04 Å². The molecule has 2 aromatic rings. The summed E-state index contributed by atoms with van der Waals surface area (Å²) in [5.74, 6) is -0.400. The number of nitrogens with zero attached hydrogens (tertiary/aromatic N) is 1. The molecule has 0 unspecified atom stereocenters. The lowest BCUT2D eigenvalue weighted by Crippen LogP contribution is -2.46. The summed E-state index contributed by atoms with van der Waals surface area (Å²) in [4.78, 5) is 26.8. The summed E-state index contributed by atoms with van der Waals surface area (Å²) in [6.07, 6.45) is -0.209. The number of benzene rings is 2. The number of rotatable bonds is 5. The monoisotopic (exact) mass is 386 g/mol. The minimum absolute atomic E-state index is 0.149. The van der Waals surface area contributed by atoms with E-state index in [4.69, 9.17) is 11.6 Å². The van der Waals surface area contributed by atoms with Crippen LogP contribution in [-0.4, -0.2) is 40.5 Å². The highest BCUT2D eigenvalue weighted by atomic mass is 35.5. The molecule has 2 amide bonds. The predicted octanol–water partition coefficient (Wildman–Crippen LogP) is 2.47. The Kier molecular flexibility index (Phi) is 6.14. The molecule has 2 aromatic carbocycles. The Bertz CT molecular complexity index is 822. The van der Waals surface area contributed by atoms with Crippen LogP contribution in [0.2, 0.25) is 5.02 Å². The summed E-state index contributed by atoms with van der Waals surface area (Å²) in [7, 11) is 0. The van der Waals surface area contributed by atoms with E-state index in [2.05, 4.69) is 5.32 Å². The minimum Gasteiger partial charge on any atom is -0.391 e. The molecule has 5 nitrogen and oxygen atoms in total. The Morgan fingerprint density at radius 3 is 2.63 bits per heavy atom. The molecule has 2 N–H and O–H groups in total. The van der Waals surface area contributed by atoms with Gasteiger partial charge in [0, 0.05) is 24.5 Å². The molecule has 2 atom stereocenters. The maximum Gasteiger partial charge on any atom is 0.243 e. The van der Waals surface area contributed by atoms with E-state index in [1.807, 2.05) is 43.3 Å². The van der Waals surface area contributed by atoms with Crippen LogP contribution in [0.3, 0.4) is 0 Å². The number of hydrogen-bond donors (Lipinski definition) is 2. The molecule has 0 saturated carbocycles. The molecule has 142 valence electrons. The predicted molar refractivity (Wildman–Crippen MR) is 104 cm³/mol. The molecule has 1 heterocycles. The molecule has 1 saturated heterocycles. The molecular formula is C21H23ClN2O3. The number of likely N-dealkylation sites (tertiary alicyclic amines) is 1. The highest BCUT2D eigenvalue weighted by Gasteiger charge is 2.38. The summed E-state index contributed by atoms with van der Waals surface area (Å²) in [5.41, 5.74) is 2.91. The first-order chi connectivity index (χ1) is 12.9. The molecule has 1 fully saturated rings. The van der Waals surface area contributed by atoms with Gasteiger partial charge in [-0.15, -0.1) is 0 Å². The van der Waals surface area contributed by atoms with Crippen molar-refractivity contribution in [1.82, 2.24) is 10.2 Å². The van der Waals surface area contributed by atoms with Crippen LogP contribution in [0.1, 0.15) is 23.1 Å². The number of hydrogen-bond acceptors (Lipinski definition) is 3. The fraction of sp³-hybridized carbons (Fsp3) is 0.333. The zero-order valence-corrected chi connectivity index (χ0v) is 15.9. The van der Waals surface area contributed by atoms with Crippen molar-refractivity contribution in [2.45, 2.75) is 38.5 Å². The Morgan fingerprint density at radius 2 is 1.93 bits per heavy atom. The third kappa shape index (κ3) is 5.08. The molecule has 3 rings (SSSR count). The summed E-state index contributed by atoms with van der Waals surface area (Å²) >= 11 is 5.86. The van der Waals surface area contributed by atoms with Crippen LogP contribution < -0.4 is 5.32 Å². The number of amides is 2. The average Bonchev–Trinajstić information content (AvgIpc) is 3.03. The van der Waals surface area contributed by atoms with Gasteiger partial charge in [0.25, 0.3) is 0 Å². The van der Waals surface area contributed by atoms with E-state index in [0.29, 0.717) is 11.6 Å². The second-order valence-electron chi connectivity index (χ2n) is 6.96. The molecule has 0 bridgehead atoms. The van der Waals surface area contributed by atoms with E-state index < -0.39 is 12.1 Å². The molecule has 27 heavy (non-hydrogen) atoms. The van der Waals surface area contributed by atoms with Gasteiger partial charge >= 0.3 is 0 Å². The zero-order chi connectivity index (χ0) is 19.4. The maximum absolute atomic E-state index is 12.7. The Morgan fingerprint density at radius 1 is 1.19 bits per heavy atom. The van der Waals surface area contributed by atoms with Gasteiger partial charge in [0.2, 0.25) is 11.8 Å². The molecule has 0 spiro atoms. The van der Waals surface area contributed by atoms with E-state index in [1.54, 1.807) is 12.1 Å². The van der Waals surface area contributed by atoms with Gasteiger partial charge in [0.15, 0.2) is 0 Å². The first-order valence-electron chi connectivity index (χ1n) is 8.97. The third-order valence-electron chi connectivity index (χ3n) is 4.72. The zero-order valence-electron chi connectivity index (χ0n) is 15.2. The van der Waals surface area contributed by atoms with E-state index in [-0.39, 0.29) is 31.2 Å². The number of carbonyl (C=O) groups is 2. The van der Waals surface area contributed by atoms with Crippen LogP contribution in [0, 0.1) is 6.92 Å². The SMILES string of the molecule is Cc1cccc(CC(=O)N2C[C@H](O)C[C@H]2C(=O)NCc2ccc(Cl)cc2)c1. The summed E-state index contributed by atoms with van der Waals surface area (Å²) < 4.78 is 0. The summed E-state index contributed by atoms with van der Waals surface area (Å²) in [5, 5.41) is 13.5. The van der Waals surface area contributed by atoms with Gasteiger partial charge in [-0.25, -0.2) is 0 Å². The number of aliphatic hydroxyl groups is 1. The fourth-order valence-corrected chi connectivity index (χ4v) is 3.47. The quantitative estimate of drug-likeness (QED) is 0.829. The van der Waals surface area contributed by atoms with Crippen LogP contribution in [0.4, 0.5) is 0 Å². The lowest BCUT2D eigenvalue weighted by molar-refractivity contribution is -0.138. The van der Waals surface area contributed by atoms with Gasteiger partial charge in [-0.2, -0.15) is 0 Å².